The number of rotatable bonds is 9. The lowest BCUT2D eigenvalue weighted by atomic mass is 9.90. The highest BCUT2D eigenvalue weighted by Crippen LogP contribution is 2.35. The molecule has 1 atom stereocenters. The van der Waals surface area contributed by atoms with E-state index in [2.05, 4.69) is 5.16 Å². The minimum atomic E-state index is -1.71. The van der Waals surface area contributed by atoms with Crippen LogP contribution in [0.25, 0.3) is 6.08 Å². The highest BCUT2D eigenvalue weighted by atomic mass is 16.7. The van der Waals surface area contributed by atoms with Crippen LogP contribution in [0.2, 0.25) is 0 Å². The average molecular weight is 594 g/mol. The molecule has 1 heterocycles. The molecule has 9 nitrogen and oxygen atoms in total. The van der Waals surface area contributed by atoms with Gasteiger partial charge in [0.1, 0.15) is 29.2 Å². The van der Waals surface area contributed by atoms with E-state index in [1.54, 1.807) is 86.6 Å². The van der Waals surface area contributed by atoms with Crippen LogP contribution in [0.1, 0.15) is 91.8 Å². The Kier molecular flexibility index (Phi) is 10.1. The first-order chi connectivity index (χ1) is 19.8. The first-order valence-electron chi connectivity index (χ1n) is 14.3. The van der Waals surface area contributed by atoms with Gasteiger partial charge in [0.25, 0.3) is 0 Å². The summed E-state index contributed by atoms with van der Waals surface area (Å²) in [7, 11) is 0. The number of nitrogens with zero attached hydrogens (tertiary/aromatic N) is 1. The van der Waals surface area contributed by atoms with Gasteiger partial charge in [0.2, 0.25) is 5.60 Å². The summed E-state index contributed by atoms with van der Waals surface area (Å²) in [5.41, 5.74) is -1.32. The van der Waals surface area contributed by atoms with Gasteiger partial charge in [0.15, 0.2) is 0 Å². The molecule has 0 spiro atoms. The molecule has 232 valence electrons. The summed E-state index contributed by atoms with van der Waals surface area (Å²) < 4.78 is 22.6. The van der Waals surface area contributed by atoms with E-state index >= 15 is 0 Å². The molecule has 1 unspecified atom stereocenters. The third-order valence-electron chi connectivity index (χ3n) is 5.73. The fraction of sp³-hybridized carbons (Fsp3) is 0.471. The van der Waals surface area contributed by atoms with Crippen LogP contribution >= 0.6 is 0 Å². The van der Waals surface area contributed by atoms with Crippen LogP contribution in [0.3, 0.4) is 0 Å². The second-order valence-corrected chi connectivity index (χ2v) is 13.5. The topological polar surface area (TPSA) is 110 Å². The Bertz CT molecular complexity index is 1370. The van der Waals surface area contributed by atoms with E-state index in [1.807, 2.05) is 30.3 Å². The fourth-order valence-electron chi connectivity index (χ4n) is 4.10. The molecule has 0 N–H and O–H groups in total. The van der Waals surface area contributed by atoms with Gasteiger partial charge in [-0.2, -0.15) is 0 Å². The zero-order valence-corrected chi connectivity index (χ0v) is 26.6. The summed E-state index contributed by atoms with van der Waals surface area (Å²) in [5, 5.41) is 4.24. The summed E-state index contributed by atoms with van der Waals surface area (Å²) in [6, 6.07) is 15.0. The lowest BCUT2D eigenvalue weighted by Crippen LogP contribution is -2.46. The Labute approximate surface area is 254 Å². The minimum absolute atomic E-state index is 0.0431. The molecule has 0 saturated heterocycles. The van der Waals surface area contributed by atoms with Crippen molar-refractivity contribution in [1.82, 2.24) is 0 Å². The number of carbonyl (C=O) groups excluding carboxylic acids is 3. The Morgan fingerprint density at radius 3 is 2.09 bits per heavy atom. The average Bonchev–Trinajstić information content (AvgIpc) is 3.29. The van der Waals surface area contributed by atoms with Gasteiger partial charge in [-0.05, 0) is 97.7 Å². The van der Waals surface area contributed by atoms with Gasteiger partial charge < -0.3 is 23.8 Å². The van der Waals surface area contributed by atoms with Crippen molar-refractivity contribution in [1.29, 1.82) is 0 Å². The maximum absolute atomic E-state index is 13.4. The third kappa shape index (κ3) is 10.9. The second kappa shape index (κ2) is 13.0. The van der Waals surface area contributed by atoms with Gasteiger partial charge >= 0.3 is 17.9 Å². The van der Waals surface area contributed by atoms with Crippen molar-refractivity contribution in [2.45, 2.75) is 104 Å². The van der Waals surface area contributed by atoms with E-state index in [1.165, 1.54) is 6.08 Å². The van der Waals surface area contributed by atoms with Crippen molar-refractivity contribution in [2.24, 2.45) is 5.16 Å². The Morgan fingerprint density at radius 1 is 0.860 bits per heavy atom. The van der Waals surface area contributed by atoms with Crippen molar-refractivity contribution in [3.63, 3.8) is 0 Å². The molecule has 1 aliphatic heterocycles. The van der Waals surface area contributed by atoms with Crippen molar-refractivity contribution in [3.8, 4) is 5.75 Å². The van der Waals surface area contributed by atoms with Crippen molar-refractivity contribution in [2.75, 3.05) is 0 Å². The molecule has 1 aliphatic rings. The van der Waals surface area contributed by atoms with E-state index in [0.717, 1.165) is 5.56 Å². The van der Waals surface area contributed by atoms with E-state index < -0.39 is 40.3 Å². The molecule has 0 saturated carbocycles. The summed E-state index contributed by atoms with van der Waals surface area (Å²) in [4.78, 5) is 44.4. The first kappa shape index (κ1) is 33.4. The van der Waals surface area contributed by atoms with Crippen molar-refractivity contribution < 1.29 is 38.2 Å². The van der Waals surface area contributed by atoms with Gasteiger partial charge in [-0.3, -0.25) is 4.79 Å². The number of ether oxygens (including phenoxy) is 4. The molecular formula is C34H43NO8. The number of carbonyl (C=O) groups is 3. The summed E-state index contributed by atoms with van der Waals surface area (Å²) in [5.74, 6) is -1.32. The summed E-state index contributed by atoms with van der Waals surface area (Å²) in [6.07, 6.45) is 2.53. The molecule has 0 bridgehead atoms. The predicted octanol–water partition coefficient (Wildman–Crippen LogP) is 6.56. The molecule has 2 aromatic carbocycles. The SMILES string of the molecule is CC(C)(C)OC(=O)/C=C/c1cc(OCc2ccccc2)cc(C2=NOC(CC(=O)OC(C)(C)C)(C(=O)OC(C)(C)C)C2)c1. The van der Waals surface area contributed by atoms with Crippen molar-refractivity contribution >= 4 is 29.7 Å². The number of hydrogen-bond acceptors (Lipinski definition) is 9. The maximum atomic E-state index is 13.4. The highest BCUT2D eigenvalue weighted by Gasteiger charge is 2.52. The zero-order valence-electron chi connectivity index (χ0n) is 26.6. The number of esters is 3. The van der Waals surface area contributed by atoms with E-state index in [0.29, 0.717) is 29.2 Å². The van der Waals surface area contributed by atoms with Crippen LogP contribution < -0.4 is 4.74 Å². The van der Waals surface area contributed by atoms with Gasteiger partial charge in [-0.25, -0.2) is 9.59 Å². The monoisotopic (exact) mass is 593 g/mol. The molecule has 0 amide bonds. The van der Waals surface area contributed by atoms with E-state index in [9.17, 15) is 14.4 Å². The van der Waals surface area contributed by atoms with Crippen LogP contribution in [0.15, 0.2) is 59.8 Å². The molecule has 0 aliphatic carbocycles. The maximum Gasteiger partial charge on any atom is 0.354 e. The zero-order chi connectivity index (χ0) is 32.1. The molecule has 0 aromatic heterocycles. The Morgan fingerprint density at radius 2 is 1.49 bits per heavy atom. The number of hydrogen-bond donors (Lipinski definition) is 0. The normalized spacial score (nSPS) is 17.2. The molecule has 9 heteroatoms. The van der Waals surface area contributed by atoms with Crippen LogP contribution in [0.4, 0.5) is 0 Å². The van der Waals surface area contributed by atoms with Crippen molar-refractivity contribution in [3.05, 3.63) is 71.3 Å². The van der Waals surface area contributed by atoms with E-state index in [4.69, 9.17) is 23.8 Å². The predicted molar refractivity (Wildman–Crippen MR) is 163 cm³/mol. The molecule has 3 rings (SSSR count). The van der Waals surface area contributed by atoms with Gasteiger partial charge in [0.05, 0.1) is 12.1 Å². The number of oxime groups is 1. The molecule has 43 heavy (non-hydrogen) atoms. The number of benzene rings is 2. The smallest absolute Gasteiger partial charge is 0.354 e. The molecular weight excluding hydrogens is 550 g/mol. The highest BCUT2D eigenvalue weighted by molar-refractivity contribution is 6.06. The Balaban J connectivity index is 1.95. The second-order valence-electron chi connectivity index (χ2n) is 13.5. The summed E-state index contributed by atoms with van der Waals surface area (Å²) >= 11 is 0. The molecule has 2 aromatic rings. The van der Waals surface area contributed by atoms with Crippen LogP contribution in [0, 0.1) is 0 Å². The quantitative estimate of drug-likeness (QED) is 0.183. The van der Waals surface area contributed by atoms with Gasteiger partial charge in [-0.15, -0.1) is 0 Å². The van der Waals surface area contributed by atoms with E-state index in [-0.39, 0.29) is 12.8 Å². The standard InChI is InChI=1S/C34H43NO8/c1-31(2,3)40-28(36)16-15-24-17-25(19-26(18-24)39-22-23-13-11-10-12-14-23)27-20-34(43-35-27,30(38)42-33(7,8)9)21-29(37)41-32(4,5)6/h10-19H,20-22H2,1-9H3/b16-15+. The minimum Gasteiger partial charge on any atom is -0.489 e. The van der Waals surface area contributed by atoms with Crippen LogP contribution in [-0.2, 0) is 40.0 Å². The first-order valence-corrected chi connectivity index (χ1v) is 14.3. The lowest BCUT2D eigenvalue weighted by molar-refractivity contribution is -0.188. The largest absolute Gasteiger partial charge is 0.489 e. The van der Waals surface area contributed by atoms with Gasteiger partial charge in [0, 0.05) is 18.1 Å². The van der Waals surface area contributed by atoms with Gasteiger partial charge in [-0.1, -0.05) is 35.5 Å². The lowest BCUT2D eigenvalue weighted by Gasteiger charge is -2.29. The fourth-order valence-corrected chi connectivity index (χ4v) is 4.10. The molecule has 0 radical (unpaired) electrons. The van der Waals surface area contributed by atoms with Crippen LogP contribution in [-0.4, -0.2) is 46.0 Å². The third-order valence-corrected chi connectivity index (χ3v) is 5.73. The Hall–Kier alpha value is -4.14. The van der Waals surface area contributed by atoms with Crippen LogP contribution in [0.5, 0.6) is 5.75 Å². The summed E-state index contributed by atoms with van der Waals surface area (Å²) in [6.45, 7) is 16.1. The molecule has 0 fully saturated rings.